The summed E-state index contributed by atoms with van der Waals surface area (Å²) in [5.74, 6) is 1.67. The molecular formula is C10H17. The first kappa shape index (κ1) is 7.84. The van der Waals surface area contributed by atoms with Crippen molar-refractivity contribution in [1.29, 1.82) is 0 Å². The SMILES string of the molecule is CCCC[C]1C=CCCC1. The molecule has 0 aromatic rings. The third-order valence-electron chi connectivity index (χ3n) is 2.07. The van der Waals surface area contributed by atoms with Crippen LogP contribution in [0, 0.1) is 5.92 Å². The van der Waals surface area contributed by atoms with Crippen LogP contribution in [-0.2, 0) is 0 Å². The molecule has 0 aromatic heterocycles. The molecule has 0 amide bonds. The third-order valence-corrected chi connectivity index (χ3v) is 2.07. The van der Waals surface area contributed by atoms with Gasteiger partial charge in [-0.3, -0.25) is 0 Å². The quantitative estimate of drug-likeness (QED) is 0.558. The van der Waals surface area contributed by atoms with Crippen molar-refractivity contribution in [3.63, 3.8) is 0 Å². The maximum atomic E-state index is 2.33. The molecule has 0 spiro atoms. The molecular weight excluding hydrogens is 120 g/mol. The van der Waals surface area contributed by atoms with Gasteiger partial charge in [0.25, 0.3) is 0 Å². The summed E-state index contributed by atoms with van der Waals surface area (Å²) < 4.78 is 0. The number of unbranched alkanes of at least 4 members (excludes halogenated alkanes) is 1. The molecule has 1 aliphatic rings. The van der Waals surface area contributed by atoms with E-state index >= 15 is 0 Å². The average molecular weight is 137 g/mol. The second-order valence-electron chi connectivity index (χ2n) is 3.06. The van der Waals surface area contributed by atoms with Crippen LogP contribution < -0.4 is 0 Å². The molecule has 0 heterocycles. The Morgan fingerprint density at radius 1 is 1.50 bits per heavy atom. The van der Waals surface area contributed by atoms with Gasteiger partial charge in [0.1, 0.15) is 0 Å². The second kappa shape index (κ2) is 4.54. The third kappa shape index (κ3) is 2.55. The first-order valence-electron chi connectivity index (χ1n) is 4.44. The molecule has 0 N–H and O–H groups in total. The Labute approximate surface area is 64.3 Å². The van der Waals surface area contributed by atoms with Crippen molar-refractivity contribution in [1.82, 2.24) is 0 Å². The summed E-state index contributed by atoms with van der Waals surface area (Å²) in [5, 5.41) is 0. The summed E-state index contributed by atoms with van der Waals surface area (Å²) in [4.78, 5) is 0. The highest BCUT2D eigenvalue weighted by atomic mass is 14.1. The van der Waals surface area contributed by atoms with Gasteiger partial charge in [0.2, 0.25) is 0 Å². The number of allylic oxidation sites excluding steroid dienone is 2. The fourth-order valence-electron chi connectivity index (χ4n) is 1.39. The Kier molecular flexibility index (Phi) is 3.56. The van der Waals surface area contributed by atoms with Gasteiger partial charge in [0.05, 0.1) is 0 Å². The summed E-state index contributed by atoms with van der Waals surface area (Å²) in [6.07, 6.45) is 12.7. The lowest BCUT2D eigenvalue weighted by Crippen LogP contribution is -1.97. The molecule has 1 radical (unpaired) electrons. The van der Waals surface area contributed by atoms with Crippen molar-refractivity contribution in [3.8, 4) is 0 Å². The zero-order chi connectivity index (χ0) is 7.23. The van der Waals surface area contributed by atoms with Gasteiger partial charge >= 0.3 is 0 Å². The van der Waals surface area contributed by atoms with Crippen LogP contribution in [0.15, 0.2) is 12.2 Å². The van der Waals surface area contributed by atoms with Gasteiger partial charge in [-0.2, -0.15) is 0 Å². The topological polar surface area (TPSA) is 0 Å². The molecule has 0 saturated heterocycles. The van der Waals surface area contributed by atoms with Crippen LogP contribution >= 0.6 is 0 Å². The van der Waals surface area contributed by atoms with Gasteiger partial charge in [-0.1, -0.05) is 31.9 Å². The molecule has 0 aliphatic heterocycles. The van der Waals surface area contributed by atoms with Crippen LogP contribution in [0.1, 0.15) is 45.4 Å². The van der Waals surface area contributed by atoms with Crippen molar-refractivity contribution in [3.05, 3.63) is 18.1 Å². The van der Waals surface area contributed by atoms with E-state index in [0.29, 0.717) is 0 Å². The number of rotatable bonds is 3. The maximum Gasteiger partial charge on any atom is -0.00272 e. The van der Waals surface area contributed by atoms with Gasteiger partial charge in [0, 0.05) is 0 Å². The average Bonchev–Trinajstić information content (AvgIpc) is 2.03. The summed E-state index contributed by atoms with van der Waals surface area (Å²) in [7, 11) is 0. The molecule has 10 heavy (non-hydrogen) atoms. The summed E-state index contributed by atoms with van der Waals surface area (Å²) in [6.45, 7) is 2.26. The summed E-state index contributed by atoms with van der Waals surface area (Å²) >= 11 is 0. The minimum atomic E-state index is 1.30. The Balaban J connectivity index is 2.13. The van der Waals surface area contributed by atoms with Crippen LogP contribution in [0.25, 0.3) is 0 Å². The smallest absolute Gasteiger partial charge is 0.00272 e. The Bertz CT molecular complexity index is 103. The van der Waals surface area contributed by atoms with E-state index in [2.05, 4.69) is 19.1 Å². The predicted molar refractivity (Wildman–Crippen MR) is 45.8 cm³/mol. The van der Waals surface area contributed by atoms with Crippen LogP contribution in [0.3, 0.4) is 0 Å². The second-order valence-corrected chi connectivity index (χ2v) is 3.06. The maximum absolute atomic E-state index is 2.33. The molecule has 0 nitrogen and oxygen atoms in total. The summed E-state index contributed by atoms with van der Waals surface area (Å²) in [5.41, 5.74) is 0. The van der Waals surface area contributed by atoms with Crippen molar-refractivity contribution >= 4 is 0 Å². The highest BCUT2D eigenvalue weighted by Gasteiger charge is 2.06. The zero-order valence-corrected chi connectivity index (χ0v) is 6.90. The van der Waals surface area contributed by atoms with Crippen LogP contribution in [0.2, 0.25) is 0 Å². The molecule has 1 rings (SSSR count). The monoisotopic (exact) mass is 137 g/mol. The Morgan fingerprint density at radius 3 is 3.00 bits per heavy atom. The normalized spacial score (nSPS) is 19.7. The van der Waals surface area contributed by atoms with Crippen molar-refractivity contribution in [2.24, 2.45) is 0 Å². The van der Waals surface area contributed by atoms with Crippen molar-refractivity contribution in [2.75, 3.05) is 0 Å². The Hall–Kier alpha value is -0.260. The molecule has 0 fully saturated rings. The minimum absolute atomic E-state index is 1.30. The van der Waals surface area contributed by atoms with Crippen LogP contribution in [0.4, 0.5) is 0 Å². The van der Waals surface area contributed by atoms with Crippen molar-refractivity contribution in [2.45, 2.75) is 45.4 Å². The van der Waals surface area contributed by atoms with E-state index in [1.165, 1.54) is 38.5 Å². The molecule has 0 bridgehead atoms. The fraction of sp³-hybridized carbons (Fsp3) is 0.700. The van der Waals surface area contributed by atoms with Gasteiger partial charge in [-0.15, -0.1) is 0 Å². The number of hydrogen-bond acceptors (Lipinski definition) is 0. The largest absolute Gasteiger partial charge is 0.0879 e. The number of hydrogen-bond donors (Lipinski definition) is 0. The molecule has 0 atom stereocenters. The highest BCUT2D eigenvalue weighted by Crippen LogP contribution is 2.23. The van der Waals surface area contributed by atoms with Gasteiger partial charge in [0.15, 0.2) is 0 Å². The first-order chi connectivity index (χ1) is 4.93. The highest BCUT2D eigenvalue weighted by molar-refractivity contribution is 5.12. The van der Waals surface area contributed by atoms with E-state index in [1.54, 1.807) is 5.92 Å². The van der Waals surface area contributed by atoms with E-state index in [9.17, 15) is 0 Å². The van der Waals surface area contributed by atoms with Crippen LogP contribution in [0.5, 0.6) is 0 Å². The lowest BCUT2D eigenvalue weighted by molar-refractivity contribution is 0.657. The van der Waals surface area contributed by atoms with E-state index in [0.717, 1.165) is 0 Å². The standard InChI is InChI=1S/C10H17/c1-2-3-7-10-8-5-4-6-9-10/h5,8H,2-4,6-7,9H2,1H3. The molecule has 0 saturated carbocycles. The lowest BCUT2D eigenvalue weighted by Gasteiger charge is -2.14. The van der Waals surface area contributed by atoms with E-state index < -0.39 is 0 Å². The van der Waals surface area contributed by atoms with Gasteiger partial charge in [-0.05, 0) is 31.6 Å². The molecule has 0 heteroatoms. The molecule has 0 aromatic carbocycles. The Morgan fingerprint density at radius 2 is 2.40 bits per heavy atom. The van der Waals surface area contributed by atoms with E-state index in [4.69, 9.17) is 0 Å². The molecule has 1 aliphatic carbocycles. The fourth-order valence-corrected chi connectivity index (χ4v) is 1.39. The van der Waals surface area contributed by atoms with Crippen molar-refractivity contribution < 1.29 is 0 Å². The minimum Gasteiger partial charge on any atom is -0.0879 e. The predicted octanol–water partition coefficient (Wildman–Crippen LogP) is 3.49. The zero-order valence-electron chi connectivity index (χ0n) is 6.90. The summed E-state index contributed by atoms with van der Waals surface area (Å²) in [6, 6.07) is 0. The van der Waals surface area contributed by atoms with E-state index in [-0.39, 0.29) is 0 Å². The van der Waals surface area contributed by atoms with Gasteiger partial charge in [-0.25, -0.2) is 0 Å². The van der Waals surface area contributed by atoms with Crippen LogP contribution in [-0.4, -0.2) is 0 Å². The van der Waals surface area contributed by atoms with E-state index in [1.807, 2.05) is 0 Å². The molecule has 0 unspecified atom stereocenters. The first-order valence-corrected chi connectivity index (χ1v) is 4.44. The van der Waals surface area contributed by atoms with Gasteiger partial charge < -0.3 is 0 Å². The molecule has 57 valence electrons. The lowest BCUT2D eigenvalue weighted by atomic mass is 9.91.